The summed E-state index contributed by atoms with van der Waals surface area (Å²) in [5.41, 5.74) is 1.53. The lowest BCUT2D eigenvalue weighted by Gasteiger charge is -2.21. The summed E-state index contributed by atoms with van der Waals surface area (Å²) in [6, 6.07) is 7.10. The second-order valence-electron chi connectivity index (χ2n) is 9.01. The highest BCUT2D eigenvalue weighted by Gasteiger charge is 2.33. The second kappa shape index (κ2) is 13.7. The van der Waals surface area contributed by atoms with Crippen molar-refractivity contribution in [3.05, 3.63) is 35.4 Å². The van der Waals surface area contributed by atoms with Crippen LogP contribution in [0.15, 0.2) is 29.2 Å². The van der Waals surface area contributed by atoms with Gasteiger partial charge >= 0.3 is 0 Å². The Hall–Kier alpha value is -2.21. The Bertz CT molecular complexity index is 1160. The SMILES string of the molecule is CCCOc1c(OCCBr)cc([C@@H]2CC[C@@H](c3cc(OC)c(OC)c(OC)c3)O2)cc1S(=O)(=O)CC(C)O. The maximum absolute atomic E-state index is 13.3. The molecule has 0 spiro atoms. The van der Waals surface area contributed by atoms with Crippen molar-refractivity contribution in [2.24, 2.45) is 0 Å². The largest absolute Gasteiger partial charge is 0.493 e. The van der Waals surface area contributed by atoms with E-state index in [0.717, 1.165) is 5.56 Å². The molecule has 0 bridgehead atoms. The third-order valence-corrected chi connectivity index (χ3v) is 8.29. The Morgan fingerprint density at radius 2 is 1.50 bits per heavy atom. The lowest BCUT2D eigenvalue weighted by atomic mass is 10.0. The highest BCUT2D eigenvalue weighted by atomic mass is 79.9. The third kappa shape index (κ3) is 7.05. The average molecular weight is 618 g/mol. The van der Waals surface area contributed by atoms with Gasteiger partial charge in [0, 0.05) is 5.33 Å². The summed E-state index contributed by atoms with van der Waals surface area (Å²) in [5, 5.41) is 10.4. The Balaban J connectivity index is 2.03. The molecule has 1 aliphatic heterocycles. The van der Waals surface area contributed by atoms with Gasteiger partial charge in [-0.15, -0.1) is 0 Å². The molecule has 1 saturated heterocycles. The monoisotopic (exact) mass is 616 g/mol. The summed E-state index contributed by atoms with van der Waals surface area (Å²) in [7, 11) is 0.791. The topological polar surface area (TPSA) is 110 Å². The van der Waals surface area contributed by atoms with Crippen molar-refractivity contribution in [1.82, 2.24) is 0 Å². The minimum atomic E-state index is -3.88. The number of ether oxygens (including phenoxy) is 6. The first kappa shape index (κ1) is 30.3. The number of methoxy groups -OCH3 is 3. The molecule has 3 atom stereocenters. The molecule has 0 amide bonds. The van der Waals surface area contributed by atoms with Gasteiger partial charge in [0.2, 0.25) is 5.75 Å². The molecule has 212 valence electrons. The molecular formula is C27H37BrO9S. The second-order valence-corrected chi connectivity index (χ2v) is 11.8. The van der Waals surface area contributed by atoms with Crippen LogP contribution >= 0.6 is 15.9 Å². The van der Waals surface area contributed by atoms with Crippen molar-refractivity contribution in [1.29, 1.82) is 0 Å². The van der Waals surface area contributed by atoms with Gasteiger partial charge < -0.3 is 33.5 Å². The molecule has 2 aromatic rings. The summed E-state index contributed by atoms with van der Waals surface area (Å²) >= 11 is 3.36. The van der Waals surface area contributed by atoms with Gasteiger partial charge in [0.25, 0.3) is 0 Å². The molecule has 0 saturated carbocycles. The standard InChI is InChI=1S/C27H37BrO9S/c1-6-10-36-27-24(35-11-9-28)14-19(15-25(27)38(30,31)16-17(2)29)21-8-7-20(37-21)18-12-22(32-3)26(34-5)23(13-18)33-4/h12-15,17,20-21,29H,6-11,16H2,1-5H3/t17?,20-,21-/m0/s1. The highest BCUT2D eigenvalue weighted by molar-refractivity contribution is 9.09. The van der Waals surface area contributed by atoms with Crippen LogP contribution in [0.4, 0.5) is 0 Å². The summed E-state index contributed by atoms with van der Waals surface area (Å²) in [6.07, 6.45) is 0.356. The van der Waals surface area contributed by atoms with Crippen LogP contribution in [-0.4, -0.2) is 65.3 Å². The van der Waals surface area contributed by atoms with Crippen molar-refractivity contribution in [2.75, 3.05) is 45.6 Å². The van der Waals surface area contributed by atoms with E-state index in [1.165, 1.54) is 6.92 Å². The molecular weight excluding hydrogens is 580 g/mol. The number of rotatable bonds is 14. The molecule has 38 heavy (non-hydrogen) atoms. The molecule has 3 rings (SSSR count). The predicted octanol–water partition coefficient (Wildman–Crippen LogP) is 5.02. The zero-order chi connectivity index (χ0) is 27.9. The Morgan fingerprint density at radius 3 is 2.00 bits per heavy atom. The van der Waals surface area contributed by atoms with Crippen LogP contribution < -0.4 is 23.7 Å². The molecule has 0 aliphatic carbocycles. The van der Waals surface area contributed by atoms with E-state index in [1.807, 2.05) is 19.1 Å². The average Bonchev–Trinajstić information content (AvgIpc) is 3.39. The first-order valence-electron chi connectivity index (χ1n) is 12.5. The minimum Gasteiger partial charge on any atom is -0.493 e. The van der Waals surface area contributed by atoms with Crippen LogP contribution in [0.1, 0.15) is 56.4 Å². The number of benzene rings is 2. The lowest BCUT2D eigenvalue weighted by Crippen LogP contribution is -2.19. The van der Waals surface area contributed by atoms with E-state index < -0.39 is 21.7 Å². The molecule has 1 heterocycles. The number of aliphatic hydroxyl groups is 1. The molecule has 1 N–H and O–H groups in total. The zero-order valence-corrected chi connectivity index (χ0v) is 24.9. The normalized spacial score (nSPS) is 18.2. The first-order chi connectivity index (χ1) is 18.2. The number of hydrogen-bond donors (Lipinski definition) is 1. The number of sulfone groups is 1. The lowest BCUT2D eigenvalue weighted by molar-refractivity contribution is 0.0435. The summed E-state index contributed by atoms with van der Waals surface area (Å²) < 4.78 is 61.3. The van der Waals surface area contributed by atoms with Gasteiger partial charge in [0.15, 0.2) is 32.8 Å². The number of hydrogen-bond acceptors (Lipinski definition) is 9. The van der Waals surface area contributed by atoms with E-state index in [0.29, 0.717) is 66.4 Å². The van der Waals surface area contributed by atoms with Gasteiger partial charge in [-0.1, -0.05) is 22.9 Å². The van der Waals surface area contributed by atoms with Crippen molar-refractivity contribution >= 4 is 25.8 Å². The summed E-state index contributed by atoms with van der Waals surface area (Å²) in [5.74, 6) is 1.62. The van der Waals surface area contributed by atoms with Crippen LogP contribution in [0.25, 0.3) is 0 Å². The van der Waals surface area contributed by atoms with Crippen LogP contribution in [0.3, 0.4) is 0 Å². The van der Waals surface area contributed by atoms with Crippen LogP contribution in [-0.2, 0) is 14.6 Å². The summed E-state index contributed by atoms with van der Waals surface area (Å²) in [6.45, 7) is 4.02. The van der Waals surface area contributed by atoms with E-state index in [-0.39, 0.29) is 22.9 Å². The van der Waals surface area contributed by atoms with Gasteiger partial charge in [-0.25, -0.2) is 8.42 Å². The first-order valence-corrected chi connectivity index (χ1v) is 15.3. The van der Waals surface area contributed by atoms with Crippen molar-refractivity contribution in [3.63, 3.8) is 0 Å². The molecule has 11 heteroatoms. The highest BCUT2D eigenvalue weighted by Crippen LogP contribution is 2.48. The maximum atomic E-state index is 13.3. The van der Waals surface area contributed by atoms with E-state index >= 15 is 0 Å². The third-order valence-electron chi connectivity index (χ3n) is 6.07. The van der Waals surface area contributed by atoms with Crippen molar-refractivity contribution in [3.8, 4) is 28.7 Å². The van der Waals surface area contributed by atoms with Crippen molar-refractivity contribution in [2.45, 2.75) is 56.3 Å². The Kier molecular flexibility index (Phi) is 11.0. The number of halogens is 1. The predicted molar refractivity (Wildman–Crippen MR) is 147 cm³/mol. The van der Waals surface area contributed by atoms with E-state index in [4.69, 9.17) is 28.4 Å². The van der Waals surface area contributed by atoms with Gasteiger partial charge in [-0.2, -0.15) is 0 Å². The van der Waals surface area contributed by atoms with Gasteiger partial charge in [-0.05, 0) is 61.6 Å². The summed E-state index contributed by atoms with van der Waals surface area (Å²) in [4.78, 5) is -0.00578. The molecule has 9 nitrogen and oxygen atoms in total. The molecule has 0 radical (unpaired) electrons. The minimum absolute atomic E-state index is 0.00578. The van der Waals surface area contributed by atoms with Crippen LogP contribution in [0, 0.1) is 0 Å². The Labute approximate surface area is 233 Å². The molecule has 1 aliphatic rings. The van der Waals surface area contributed by atoms with Gasteiger partial charge in [0.05, 0.1) is 58.6 Å². The number of aliphatic hydroxyl groups excluding tert-OH is 1. The molecule has 0 aromatic heterocycles. The Morgan fingerprint density at radius 1 is 0.921 bits per heavy atom. The smallest absolute Gasteiger partial charge is 0.203 e. The van der Waals surface area contributed by atoms with Crippen LogP contribution in [0.2, 0.25) is 0 Å². The molecule has 2 aromatic carbocycles. The van der Waals surface area contributed by atoms with Gasteiger partial charge in [0.1, 0.15) is 4.90 Å². The fraction of sp³-hybridized carbons (Fsp3) is 0.556. The van der Waals surface area contributed by atoms with Crippen LogP contribution in [0.5, 0.6) is 28.7 Å². The number of alkyl halides is 1. The zero-order valence-electron chi connectivity index (χ0n) is 22.5. The molecule has 1 fully saturated rings. The van der Waals surface area contributed by atoms with E-state index in [2.05, 4.69) is 15.9 Å². The van der Waals surface area contributed by atoms with Gasteiger partial charge in [-0.3, -0.25) is 0 Å². The quantitative estimate of drug-likeness (QED) is 0.292. The molecule has 1 unspecified atom stereocenters. The fourth-order valence-electron chi connectivity index (χ4n) is 4.44. The van der Waals surface area contributed by atoms with E-state index in [9.17, 15) is 13.5 Å². The fourth-order valence-corrected chi connectivity index (χ4v) is 6.17. The maximum Gasteiger partial charge on any atom is 0.203 e. The van der Waals surface area contributed by atoms with E-state index in [1.54, 1.807) is 33.5 Å². The van der Waals surface area contributed by atoms with Crippen molar-refractivity contribution < 1.29 is 41.9 Å².